The number of Topliss-reactive ketones (excluding diaryl/α,β-unsaturated/α-hetero) is 1. The van der Waals surface area contributed by atoms with Gasteiger partial charge in [-0.2, -0.15) is 0 Å². The van der Waals surface area contributed by atoms with Crippen molar-refractivity contribution < 1.29 is 4.79 Å². The lowest BCUT2D eigenvalue weighted by Crippen LogP contribution is -2.20. The first kappa shape index (κ1) is 10.9. The minimum Gasteiger partial charge on any atom is -0.330 e. The lowest BCUT2D eigenvalue weighted by molar-refractivity contribution is 0.0934. The minimum atomic E-state index is -0.0814. The fraction of sp³-hybridized carbons (Fsp3) is 0.417. The summed E-state index contributed by atoms with van der Waals surface area (Å²) in [7, 11) is 0. The third-order valence-corrected chi connectivity index (χ3v) is 2.42. The fourth-order valence-electron chi connectivity index (χ4n) is 1.34. The monoisotopic (exact) mass is 191 g/mol. The lowest BCUT2D eigenvalue weighted by atomic mass is 9.97. The van der Waals surface area contributed by atoms with Crippen LogP contribution in [0.15, 0.2) is 24.3 Å². The van der Waals surface area contributed by atoms with Crippen LogP contribution in [0.4, 0.5) is 0 Å². The van der Waals surface area contributed by atoms with Gasteiger partial charge in [0, 0.05) is 18.0 Å². The van der Waals surface area contributed by atoms with Crippen molar-refractivity contribution >= 4 is 5.78 Å². The predicted molar refractivity (Wildman–Crippen MR) is 58.4 cm³/mol. The number of rotatable bonds is 4. The first-order valence-electron chi connectivity index (χ1n) is 5.02. The Morgan fingerprint density at radius 1 is 1.50 bits per heavy atom. The maximum Gasteiger partial charge on any atom is 0.166 e. The molecule has 0 saturated heterocycles. The first-order valence-corrected chi connectivity index (χ1v) is 5.02. The summed E-state index contributed by atoms with van der Waals surface area (Å²) in [4.78, 5) is 11.8. The quantitative estimate of drug-likeness (QED) is 0.740. The van der Waals surface area contributed by atoms with Gasteiger partial charge in [0.15, 0.2) is 5.78 Å². The molecule has 0 amide bonds. The van der Waals surface area contributed by atoms with Crippen molar-refractivity contribution in [2.24, 2.45) is 11.7 Å². The number of ketones is 1. The molecule has 0 saturated carbocycles. The van der Waals surface area contributed by atoms with E-state index in [1.165, 1.54) is 5.56 Å². The van der Waals surface area contributed by atoms with Gasteiger partial charge in [-0.05, 0) is 18.1 Å². The maximum absolute atomic E-state index is 11.8. The molecule has 0 radical (unpaired) electrons. The van der Waals surface area contributed by atoms with Crippen molar-refractivity contribution in [3.05, 3.63) is 35.4 Å². The van der Waals surface area contributed by atoms with Gasteiger partial charge in [0.05, 0.1) is 0 Å². The topological polar surface area (TPSA) is 43.1 Å². The second kappa shape index (κ2) is 4.91. The zero-order valence-electron chi connectivity index (χ0n) is 8.79. The number of hydrogen-bond acceptors (Lipinski definition) is 2. The minimum absolute atomic E-state index is 0.0814. The van der Waals surface area contributed by atoms with Crippen LogP contribution < -0.4 is 5.73 Å². The Hall–Kier alpha value is -1.15. The Morgan fingerprint density at radius 3 is 2.79 bits per heavy atom. The summed E-state index contributed by atoms with van der Waals surface area (Å²) in [5, 5.41) is 0. The van der Waals surface area contributed by atoms with E-state index in [0.29, 0.717) is 6.54 Å². The van der Waals surface area contributed by atoms with E-state index in [4.69, 9.17) is 5.73 Å². The summed E-state index contributed by atoms with van der Waals surface area (Å²) >= 11 is 0. The molecule has 0 aliphatic rings. The Kier molecular flexibility index (Phi) is 3.84. The number of hydrogen-bond donors (Lipinski definition) is 1. The SMILES string of the molecule is CCc1cccc(C(=O)C(C)CN)c1. The van der Waals surface area contributed by atoms with E-state index in [2.05, 4.69) is 6.92 Å². The molecule has 2 nitrogen and oxygen atoms in total. The zero-order chi connectivity index (χ0) is 10.6. The van der Waals surface area contributed by atoms with Crippen molar-refractivity contribution in [2.45, 2.75) is 20.3 Å². The van der Waals surface area contributed by atoms with Gasteiger partial charge in [-0.15, -0.1) is 0 Å². The second-order valence-electron chi connectivity index (χ2n) is 3.55. The Labute approximate surface area is 85.1 Å². The molecule has 0 aliphatic heterocycles. The van der Waals surface area contributed by atoms with E-state index < -0.39 is 0 Å². The highest BCUT2D eigenvalue weighted by Gasteiger charge is 2.13. The number of carbonyl (C=O) groups is 1. The molecule has 2 N–H and O–H groups in total. The number of aryl methyl sites for hydroxylation is 1. The smallest absolute Gasteiger partial charge is 0.166 e. The van der Waals surface area contributed by atoms with Crippen molar-refractivity contribution in [3.63, 3.8) is 0 Å². The summed E-state index contributed by atoms with van der Waals surface area (Å²) in [5.41, 5.74) is 7.43. The van der Waals surface area contributed by atoms with Crippen LogP contribution in [0.2, 0.25) is 0 Å². The highest BCUT2D eigenvalue weighted by atomic mass is 16.1. The van der Waals surface area contributed by atoms with E-state index in [1.54, 1.807) is 0 Å². The van der Waals surface area contributed by atoms with Crippen molar-refractivity contribution in [1.82, 2.24) is 0 Å². The first-order chi connectivity index (χ1) is 6.69. The number of nitrogens with two attached hydrogens (primary N) is 1. The van der Waals surface area contributed by atoms with Gasteiger partial charge in [-0.1, -0.05) is 32.0 Å². The molecule has 1 aromatic carbocycles. The molecule has 1 aromatic rings. The molecular formula is C12H17NO. The van der Waals surface area contributed by atoms with Gasteiger partial charge in [0.1, 0.15) is 0 Å². The van der Waals surface area contributed by atoms with E-state index in [9.17, 15) is 4.79 Å². The normalized spacial score (nSPS) is 12.5. The molecule has 0 bridgehead atoms. The van der Waals surface area contributed by atoms with Crippen LogP contribution in [0.3, 0.4) is 0 Å². The van der Waals surface area contributed by atoms with Crippen LogP contribution in [0.5, 0.6) is 0 Å². The summed E-state index contributed by atoms with van der Waals surface area (Å²) in [6.07, 6.45) is 0.956. The second-order valence-corrected chi connectivity index (χ2v) is 3.55. The average molecular weight is 191 g/mol. The van der Waals surface area contributed by atoms with Crippen LogP contribution in [0.1, 0.15) is 29.8 Å². The maximum atomic E-state index is 11.8. The van der Waals surface area contributed by atoms with Crippen LogP contribution in [-0.2, 0) is 6.42 Å². The van der Waals surface area contributed by atoms with Crippen LogP contribution >= 0.6 is 0 Å². The average Bonchev–Trinajstić information content (AvgIpc) is 2.27. The molecule has 1 unspecified atom stereocenters. The van der Waals surface area contributed by atoms with Crippen LogP contribution in [0.25, 0.3) is 0 Å². The standard InChI is InChI=1S/C12H17NO/c1-3-10-5-4-6-11(7-10)12(14)9(2)8-13/h4-7,9H,3,8,13H2,1-2H3. The summed E-state index contributed by atoms with van der Waals surface area (Å²) in [6.45, 7) is 4.35. The third-order valence-electron chi connectivity index (χ3n) is 2.42. The predicted octanol–water partition coefficient (Wildman–Crippen LogP) is 2.03. The molecule has 0 aliphatic carbocycles. The van der Waals surface area contributed by atoms with Gasteiger partial charge in [-0.3, -0.25) is 4.79 Å². The van der Waals surface area contributed by atoms with Gasteiger partial charge in [-0.25, -0.2) is 0 Å². The molecule has 0 heterocycles. The van der Waals surface area contributed by atoms with E-state index in [0.717, 1.165) is 12.0 Å². The van der Waals surface area contributed by atoms with Crippen molar-refractivity contribution in [3.8, 4) is 0 Å². The Balaban J connectivity index is 2.90. The van der Waals surface area contributed by atoms with Gasteiger partial charge in [0.2, 0.25) is 0 Å². The number of carbonyl (C=O) groups excluding carboxylic acids is 1. The van der Waals surface area contributed by atoms with Gasteiger partial charge < -0.3 is 5.73 Å². The Morgan fingerprint density at radius 2 is 2.21 bits per heavy atom. The molecule has 0 fully saturated rings. The van der Waals surface area contributed by atoms with Crippen LogP contribution in [0, 0.1) is 5.92 Å². The summed E-state index contributed by atoms with van der Waals surface area (Å²) in [6, 6.07) is 7.77. The molecular weight excluding hydrogens is 174 g/mol. The lowest BCUT2D eigenvalue weighted by Gasteiger charge is -2.08. The highest BCUT2D eigenvalue weighted by molar-refractivity contribution is 5.97. The van der Waals surface area contributed by atoms with Gasteiger partial charge >= 0.3 is 0 Å². The van der Waals surface area contributed by atoms with Gasteiger partial charge in [0.25, 0.3) is 0 Å². The van der Waals surface area contributed by atoms with Crippen LogP contribution in [-0.4, -0.2) is 12.3 Å². The molecule has 0 aromatic heterocycles. The molecule has 14 heavy (non-hydrogen) atoms. The summed E-state index contributed by atoms with van der Waals surface area (Å²) < 4.78 is 0. The zero-order valence-corrected chi connectivity index (χ0v) is 8.79. The van der Waals surface area contributed by atoms with E-state index in [-0.39, 0.29) is 11.7 Å². The molecule has 76 valence electrons. The number of benzene rings is 1. The molecule has 1 atom stereocenters. The Bertz CT molecular complexity index is 320. The fourth-order valence-corrected chi connectivity index (χ4v) is 1.34. The highest BCUT2D eigenvalue weighted by Crippen LogP contribution is 2.10. The van der Waals surface area contributed by atoms with Crippen molar-refractivity contribution in [2.75, 3.05) is 6.54 Å². The van der Waals surface area contributed by atoms with Crippen molar-refractivity contribution in [1.29, 1.82) is 0 Å². The molecule has 1 rings (SSSR count). The largest absolute Gasteiger partial charge is 0.330 e. The third kappa shape index (κ3) is 2.42. The summed E-state index contributed by atoms with van der Waals surface area (Å²) in [5.74, 6) is 0.0601. The molecule has 2 heteroatoms. The van der Waals surface area contributed by atoms with E-state index >= 15 is 0 Å². The molecule has 0 spiro atoms. The van der Waals surface area contributed by atoms with E-state index in [1.807, 2.05) is 31.2 Å².